The van der Waals surface area contributed by atoms with E-state index in [1.165, 1.54) is 0 Å². The summed E-state index contributed by atoms with van der Waals surface area (Å²) in [4.78, 5) is 12.9. The second kappa shape index (κ2) is 5.04. The molecule has 0 aromatic carbocycles. The highest BCUT2D eigenvalue weighted by Gasteiger charge is 2.19. The molecule has 5 N–H and O–H groups in total. The van der Waals surface area contributed by atoms with E-state index in [-0.39, 0.29) is 6.04 Å². The normalized spacial score (nSPS) is 24.2. The molecule has 1 rings (SSSR count). The maximum atomic E-state index is 10.6. The van der Waals surface area contributed by atoms with Gasteiger partial charge < -0.3 is 21.7 Å². The molecule has 5 nitrogen and oxygen atoms in total. The van der Waals surface area contributed by atoms with Crippen LogP contribution < -0.4 is 16.8 Å². The van der Waals surface area contributed by atoms with Gasteiger partial charge in [0.25, 0.3) is 0 Å². The second-order valence-corrected chi connectivity index (χ2v) is 3.44. The largest absolute Gasteiger partial charge is 0.352 e. The quantitative estimate of drug-likeness (QED) is 0.533. The van der Waals surface area contributed by atoms with E-state index in [1.807, 2.05) is 0 Å². The molecule has 0 aromatic heterocycles. The van der Waals surface area contributed by atoms with Crippen LogP contribution in [-0.2, 0) is 0 Å². The first-order chi connectivity index (χ1) is 6.22. The molecule has 1 aliphatic rings. The van der Waals surface area contributed by atoms with Gasteiger partial charge in [0.05, 0.1) is 0 Å². The van der Waals surface area contributed by atoms with Crippen LogP contribution in [0.3, 0.4) is 0 Å². The lowest BCUT2D eigenvalue weighted by molar-refractivity contribution is 0.192. The highest BCUT2D eigenvalue weighted by Crippen LogP contribution is 2.08. The van der Waals surface area contributed by atoms with E-state index in [4.69, 9.17) is 11.5 Å². The molecule has 2 amide bonds. The van der Waals surface area contributed by atoms with Crippen molar-refractivity contribution < 1.29 is 4.79 Å². The Hall–Kier alpha value is -0.810. The highest BCUT2D eigenvalue weighted by molar-refractivity contribution is 5.71. The van der Waals surface area contributed by atoms with Crippen LogP contribution in [0.1, 0.15) is 12.8 Å². The minimum absolute atomic E-state index is 0.206. The standard InChI is InChI=1S/C8H18N4O/c9-3-5-12-4-1-2-7(6-12)11-8(10)13/h7H,1-6,9H2,(H3,10,11,13)/t7-/m0/s1. The first-order valence-electron chi connectivity index (χ1n) is 4.70. The van der Waals surface area contributed by atoms with Crippen molar-refractivity contribution in [2.45, 2.75) is 18.9 Å². The third kappa shape index (κ3) is 3.61. The van der Waals surface area contributed by atoms with Crippen LogP contribution in [0, 0.1) is 0 Å². The van der Waals surface area contributed by atoms with Crippen LogP contribution in [0.2, 0.25) is 0 Å². The second-order valence-electron chi connectivity index (χ2n) is 3.44. The molecule has 1 heterocycles. The van der Waals surface area contributed by atoms with Gasteiger partial charge >= 0.3 is 6.03 Å². The number of nitrogens with two attached hydrogens (primary N) is 2. The average molecular weight is 186 g/mol. The number of hydrogen-bond acceptors (Lipinski definition) is 3. The molecule has 0 saturated carbocycles. The van der Waals surface area contributed by atoms with Gasteiger partial charge in [-0.1, -0.05) is 0 Å². The Morgan fingerprint density at radius 2 is 2.38 bits per heavy atom. The lowest BCUT2D eigenvalue weighted by Gasteiger charge is -2.32. The molecule has 13 heavy (non-hydrogen) atoms. The smallest absolute Gasteiger partial charge is 0.312 e. The Balaban J connectivity index is 2.28. The summed E-state index contributed by atoms with van der Waals surface area (Å²) in [6.07, 6.45) is 2.12. The zero-order chi connectivity index (χ0) is 9.68. The van der Waals surface area contributed by atoms with E-state index in [0.29, 0.717) is 6.54 Å². The number of urea groups is 1. The van der Waals surface area contributed by atoms with Crippen molar-refractivity contribution in [3.05, 3.63) is 0 Å². The van der Waals surface area contributed by atoms with Crippen molar-refractivity contribution in [1.82, 2.24) is 10.2 Å². The third-order valence-electron chi connectivity index (χ3n) is 2.30. The number of amides is 2. The number of nitrogens with one attached hydrogen (secondary N) is 1. The van der Waals surface area contributed by atoms with Crippen LogP contribution in [0.5, 0.6) is 0 Å². The van der Waals surface area contributed by atoms with Crippen molar-refractivity contribution in [2.24, 2.45) is 11.5 Å². The zero-order valence-electron chi connectivity index (χ0n) is 7.83. The molecule has 0 aliphatic carbocycles. The fourth-order valence-corrected chi connectivity index (χ4v) is 1.76. The van der Waals surface area contributed by atoms with E-state index >= 15 is 0 Å². The van der Waals surface area contributed by atoms with Crippen LogP contribution in [0.15, 0.2) is 0 Å². The maximum absolute atomic E-state index is 10.6. The summed E-state index contributed by atoms with van der Waals surface area (Å²) in [6.45, 7) is 3.52. The lowest BCUT2D eigenvalue weighted by atomic mass is 10.1. The van der Waals surface area contributed by atoms with E-state index < -0.39 is 6.03 Å². The predicted octanol–water partition coefficient (Wildman–Crippen LogP) is -0.922. The number of carbonyl (C=O) groups excluding carboxylic acids is 1. The number of piperidine rings is 1. The van der Waals surface area contributed by atoms with Crippen LogP contribution >= 0.6 is 0 Å². The van der Waals surface area contributed by atoms with E-state index in [9.17, 15) is 4.79 Å². The fourth-order valence-electron chi connectivity index (χ4n) is 1.76. The molecular formula is C8H18N4O. The van der Waals surface area contributed by atoms with Crippen LogP contribution in [0.25, 0.3) is 0 Å². The van der Waals surface area contributed by atoms with Gasteiger partial charge in [0.2, 0.25) is 0 Å². The molecule has 1 saturated heterocycles. The summed E-state index contributed by atoms with van der Waals surface area (Å²) in [7, 11) is 0. The summed E-state index contributed by atoms with van der Waals surface area (Å²) in [5.41, 5.74) is 10.5. The number of rotatable bonds is 3. The molecule has 0 spiro atoms. The van der Waals surface area contributed by atoms with Crippen LogP contribution in [0.4, 0.5) is 4.79 Å². The number of nitrogens with zero attached hydrogens (tertiary/aromatic N) is 1. The van der Waals surface area contributed by atoms with Crippen molar-refractivity contribution >= 4 is 6.03 Å². The summed E-state index contributed by atoms with van der Waals surface area (Å²) < 4.78 is 0. The molecule has 0 radical (unpaired) electrons. The number of primary amides is 1. The van der Waals surface area contributed by atoms with Gasteiger partial charge in [-0.25, -0.2) is 4.79 Å². The Morgan fingerprint density at radius 3 is 3.00 bits per heavy atom. The summed E-state index contributed by atoms with van der Waals surface area (Å²) in [6, 6.07) is -0.225. The summed E-state index contributed by atoms with van der Waals surface area (Å²) in [5.74, 6) is 0. The van der Waals surface area contributed by atoms with E-state index in [2.05, 4.69) is 10.2 Å². The molecule has 1 fully saturated rings. The molecule has 5 heteroatoms. The average Bonchev–Trinajstić information content (AvgIpc) is 2.04. The monoisotopic (exact) mass is 186 g/mol. The Morgan fingerprint density at radius 1 is 1.62 bits per heavy atom. The minimum atomic E-state index is -0.431. The van der Waals surface area contributed by atoms with Crippen molar-refractivity contribution in [1.29, 1.82) is 0 Å². The van der Waals surface area contributed by atoms with E-state index in [0.717, 1.165) is 32.5 Å². The van der Waals surface area contributed by atoms with Crippen molar-refractivity contribution in [2.75, 3.05) is 26.2 Å². The number of hydrogen-bond donors (Lipinski definition) is 3. The number of likely N-dealkylation sites (tertiary alicyclic amines) is 1. The highest BCUT2D eigenvalue weighted by atomic mass is 16.2. The van der Waals surface area contributed by atoms with Crippen LogP contribution in [-0.4, -0.2) is 43.2 Å². The predicted molar refractivity (Wildman–Crippen MR) is 51.2 cm³/mol. The molecule has 0 unspecified atom stereocenters. The summed E-state index contributed by atoms with van der Waals surface area (Å²) >= 11 is 0. The molecule has 76 valence electrons. The van der Waals surface area contributed by atoms with Gasteiger partial charge in [0.1, 0.15) is 0 Å². The Bertz CT molecular complexity index is 172. The molecule has 1 atom stereocenters. The Labute approximate surface area is 78.4 Å². The molecule has 0 bridgehead atoms. The first kappa shape index (κ1) is 10.3. The fraction of sp³-hybridized carbons (Fsp3) is 0.875. The summed E-state index contributed by atoms with van der Waals surface area (Å²) in [5, 5.41) is 2.73. The molecule has 0 aromatic rings. The van der Waals surface area contributed by atoms with Crippen molar-refractivity contribution in [3.63, 3.8) is 0 Å². The third-order valence-corrected chi connectivity index (χ3v) is 2.30. The van der Waals surface area contributed by atoms with Gasteiger partial charge in [-0.15, -0.1) is 0 Å². The molecular weight excluding hydrogens is 168 g/mol. The van der Waals surface area contributed by atoms with Crippen molar-refractivity contribution in [3.8, 4) is 0 Å². The first-order valence-corrected chi connectivity index (χ1v) is 4.70. The SMILES string of the molecule is NCCN1CCC[C@H](NC(N)=O)C1. The van der Waals surface area contributed by atoms with Gasteiger partial charge in [0, 0.05) is 25.7 Å². The van der Waals surface area contributed by atoms with Gasteiger partial charge in [-0.2, -0.15) is 0 Å². The topological polar surface area (TPSA) is 84.4 Å². The van der Waals surface area contributed by atoms with E-state index in [1.54, 1.807) is 0 Å². The maximum Gasteiger partial charge on any atom is 0.312 e. The van der Waals surface area contributed by atoms with Gasteiger partial charge in [0.15, 0.2) is 0 Å². The minimum Gasteiger partial charge on any atom is -0.352 e. The number of carbonyl (C=O) groups is 1. The zero-order valence-corrected chi connectivity index (χ0v) is 7.83. The van der Waals surface area contributed by atoms with Gasteiger partial charge in [-0.05, 0) is 19.4 Å². The van der Waals surface area contributed by atoms with Gasteiger partial charge in [-0.3, -0.25) is 0 Å². The Kier molecular flexibility index (Phi) is 3.98. The molecule has 1 aliphatic heterocycles. The lowest BCUT2D eigenvalue weighted by Crippen LogP contribution is -2.50.